The molecule has 3 aromatic rings. The quantitative estimate of drug-likeness (QED) is 0.724. The van der Waals surface area contributed by atoms with Crippen molar-refractivity contribution in [1.82, 2.24) is 15.2 Å². The van der Waals surface area contributed by atoms with Crippen molar-refractivity contribution in [3.8, 4) is 0 Å². The number of ketones is 1. The van der Waals surface area contributed by atoms with Gasteiger partial charge < -0.3 is 4.98 Å². The molecule has 1 aromatic carbocycles. The molecule has 2 N–H and O–H groups in total. The van der Waals surface area contributed by atoms with E-state index < -0.39 is 0 Å². The van der Waals surface area contributed by atoms with Crippen LogP contribution in [-0.2, 0) is 0 Å². The average molecular weight is 325 g/mol. The second-order valence-electron chi connectivity index (χ2n) is 5.69. The van der Waals surface area contributed by atoms with Gasteiger partial charge >= 0.3 is 0 Å². The Morgan fingerprint density at radius 3 is 2.50 bits per heavy atom. The van der Waals surface area contributed by atoms with Crippen LogP contribution in [0.3, 0.4) is 0 Å². The molecule has 1 unspecified atom stereocenters. The summed E-state index contributed by atoms with van der Waals surface area (Å²) in [6.07, 6.45) is 0. The number of H-pyrrole nitrogens is 2. The van der Waals surface area contributed by atoms with Crippen molar-refractivity contribution >= 4 is 5.78 Å². The summed E-state index contributed by atoms with van der Waals surface area (Å²) in [5.41, 5.74) is 2.93. The van der Waals surface area contributed by atoms with E-state index in [2.05, 4.69) is 15.2 Å². The minimum Gasteiger partial charge on any atom is -0.355 e. The Bertz CT molecular complexity index is 921. The van der Waals surface area contributed by atoms with Crippen LogP contribution in [0.5, 0.6) is 0 Å². The number of nitrogens with one attached hydrogen (secondary N) is 2. The standard InChI is InChI=1S/C18H16FN3O2/c1-10-9-15(11(2)14-7-8-16(23)22-21-14)20-17(10)18(24)12-3-5-13(19)6-4-12/h3-9,11,20H,1-2H3,(H,22,23). The van der Waals surface area contributed by atoms with Crippen molar-refractivity contribution < 1.29 is 9.18 Å². The molecule has 0 amide bonds. The third-order valence-corrected chi connectivity index (χ3v) is 3.98. The summed E-state index contributed by atoms with van der Waals surface area (Å²) in [6, 6.07) is 10.4. The fourth-order valence-electron chi connectivity index (χ4n) is 2.55. The highest BCUT2D eigenvalue weighted by Crippen LogP contribution is 2.24. The number of hydrogen-bond donors (Lipinski definition) is 2. The zero-order chi connectivity index (χ0) is 17.3. The highest BCUT2D eigenvalue weighted by Gasteiger charge is 2.19. The lowest BCUT2D eigenvalue weighted by Crippen LogP contribution is -2.10. The Hall–Kier alpha value is -3.02. The topological polar surface area (TPSA) is 78.6 Å². The Morgan fingerprint density at radius 2 is 1.88 bits per heavy atom. The van der Waals surface area contributed by atoms with Crippen LogP contribution in [0.25, 0.3) is 0 Å². The molecular formula is C18H16FN3O2. The van der Waals surface area contributed by atoms with Crippen molar-refractivity contribution in [2.24, 2.45) is 0 Å². The molecule has 0 bridgehead atoms. The van der Waals surface area contributed by atoms with Gasteiger partial charge in [0, 0.05) is 23.2 Å². The number of benzene rings is 1. The number of hydrogen-bond acceptors (Lipinski definition) is 3. The average Bonchev–Trinajstić information content (AvgIpc) is 2.97. The van der Waals surface area contributed by atoms with Crippen molar-refractivity contribution in [2.45, 2.75) is 19.8 Å². The SMILES string of the molecule is Cc1cc(C(C)c2ccc(=O)[nH]n2)[nH]c1C(=O)c1ccc(F)cc1. The number of halogens is 1. The predicted octanol–water partition coefficient (Wildman–Crippen LogP) is 2.93. The van der Waals surface area contributed by atoms with Crippen molar-refractivity contribution in [3.05, 3.63) is 86.8 Å². The number of aromatic amines is 2. The van der Waals surface area contributed by atoms with E-state index in [1.165, 1.54) is 30.3 Å². The van der Waals surface area contributed by atoms with E-state index >= 15 is 0 Å². The van der Waals surface area contributed by atoms with Crippen LogP contribution in [0.1, 0.15) is 45.8 Å². The van der Waals surface area contributed by atoms with Gasteiger partial charge in [-0.3, -0.25) is 9.59 Å². The molecule has 2 aromatic heterocycles. The predicted molar refractivity (Wildman–Crippen MR) is 87.7 cm³/mol. The monoisotopic (exact) mass is 325 g/mol. The molecule has 0 spiro atoms. The van der Waals surface area contributed by atoms with Gasteiger partial charge in [-0.25, -0.2) is 9.49 Å². The molecule has 0 saturated heterocycles. The molecular weight excluding hydrogens is 309 g/mol. The first kappa shape index (κ1) is 15.9. The zero-order valence-electron chi connectivity index (χ0n) is 13.3. The molecule has 0 fully saturated rings. The molecule has 0 radical (unpaired) electrons. The van der Waals surface area contributed by atoms with Gasteiger partial charge in [0.1, 0.15) is 5.82 Å². The van der Waals surface area contributed by atoms with Gasteiger partial charge in [-0.05, 0) is 48.9 Å². The molecule has 0 aliphatic heterocycles. The summed E-state index contributed by atoms with van der Waals surface area (Å²) in [5.74, 6) is -0.691. The Kier molecular flexibility index (Phi) is 4.12. The first-order valence-electron chi connectivity index (χ1n) is 7.51. The van der Waals surface area contributed by atoms with Crippen molar-refractivity contribution in [2.75, 3.05) is 0 Å². The number of aryl methyl sites for hydroxylation is 1. The zero-order valence-corrected chi connectivity index (χ0v) is 13.3. The summed E-state index contributed by atoms with van der Waals surface area (Å²) >= 11 is 0. The van der Waals surface area contributed by atoms with E-state index in [1.54, 1.807) is 6.07 Å². The van der Waals surface area contributed by atoms with Crippen LogP contribution in [-0.4, -0.2) is 21.0 Å². The largest absolute Gasteiger partial charge is 0.355 e. The van der Waals surface area contributed by atoms with E-state index in [4.69, 9.17) is 0 Å². The summed E-state index contributed by atoms with van der Waals surface area (Å²) < 4.78 is 13.0. The van der Waals surface area contributed by atoms with Gasteiger partial charge in [0.2, 0.25) is 5.78 Å². The van der Waals surface area contributed by atoms with Gasteiger partial charge in [0.15, 0.2) is 0 Å². The maximum atomic E-state index is 13.0. The van der Waals surface area contributed by atoms with Gasteiger partial charge in [-0.15, -0.1) is 0 Å². The highest BCUT2D eigenvalue weighted by atomic mass is 19.1. The second-order valence-corrected chi connectivity index (χ2v) is 5.69. The number of aromatic nitrogens is 3. The minimum atomic E-state index is -0.381. The lowest BCUT2D eigenvalue weighted by atomic mass is 10.0. The fourth-order valence-corrected chi connectivity index (χ4v) is 2.55. The lowest BCUT2D eigenvalue weighted by molar-refractivity contribution is 0.103. The smallest absolute Gasteiger partial charge is 0.264 e. The first-order valence-corrected chi connectivity index (χ1v) is 7.51. The number of carbonyl (C=O) groups excluding carboxylic acids is 1. The molecule has 5 nitrogen and oxygen atoms in total. The van der Waals surface area contributed by atoms with E-state index in [0.717, 1.165) is 11.3 Å². The van der Waals surface area contributed by atoms with Crippen LogP contribution >= 0.6 is 0 Å². The van der Waals surface area contributed by atoms with E-state index in [0.29, 0.717) is 17.0 Å². The third-order valence-electron chi connectivity index (χ3n) is 3.98. The molecule has 1 atom stereocenters. The summed E-state index contributed by atoms with van der Waals surface area (Å²) in [7, 11) is 0. The first-order chi connectivity index (χ1) is 11.5. The number of nitrogens with zero attached hydrogens (tertiary/aromatic N) is 1. The van der Waals surface area contributed by atoms with Crippen LogP contribution in [0.4, 0.5) is 4.39 Å². The molecule has 0 aliphatic rings. The Labute approximate surface area is 137 Å². The van der Waals surface area contributed by atoms with Gasteiger partial charge in [-0.2, -0.15) is 5.10 Å². The summed E-state index contributed by atoms with van der Waals surface area (Å²) in [5, 5.41) is 6.43. The number of rotatable bonds is 4. The lowest BCUT2D eigenvalue weighted by Gasteiger charge is -2.08. The van der Waals surface area contributed by atoms with Crippen LogP contribution in [0.15, 0.2) is 47.3 Å². The Morgan fingerprint density at radius 1 is 1.17 bits per heavy atom. The minimum absolute atomic E-state index is 0.115. The second kappa shape index (κ2) is 6.23. The summed E-state index contributed by atoms with van der Waals surface area (Å²) in [4.78, 5) is 26.8. The maximum Gasteiger partial charge on any atom is 0.264 e. The normalized spacial score (nSPS) is 12.1. The van der Waals surface area contributed by atoms with Gasteiger partial charge in [0.25, 0.3) is 5.56 Å². The Balaban J connectivity index is 1.92. The van der Waals surface area contributed by atoms with E-state index in [9.17, 15) is 14.0 Å². The van der Waals surface area contributed by atoms with Crippen LogP contribution in [0, 0.1) is 12.7 Å². The van der Waals surface area contributed by atoms with E-state index in [-0.39, 0.29) is 23.1 Å². The highest BCUT2D eigenvalue weighted by molar-refractivity contribution is 6.08. The van der Waals surface area contributed by atoms with Crippen LogP contribution in [0.2, 0.25) is 0 Å². The molecule has 6 heteroatoms. The van der Waals surface area contributed by atoms with Gasteiger partial charge in [0.05, 0.1) is 11.4 Å². The third kappa shape index (κ3) is 3.03. The molecule has 0 saturated carbocycles. The van der Waals surface area contributed by atoms with E-state index in [1.807, 2.05) is 19.9 Å². The van der Waals surface area contributed by atoms with Crippen molar-refractivity contribution in [1.29, 1.82) is 0 Å². The molecule has 0 aliphatic carbocycles. The molecule has 2 heterocycles. The molecule has 24 heavy (non-hydrogen) atoms. The van der Waals surface area contributed by atoms with Gasteiger partial charge in [-0.1, -0.05) is 6.92 Å². The van der Waals surface area contributed by atoms with Crippen LogP contribution < -0.4 is 5.56 Å². The fraction of sp³-hybridized carbons (Fsp3) is 0.167. The molecule has 122 valence electrons. The number of carbonyl (C=O) groups is 1. The summed E-state index contributed by atoms with van der Waals surface area (Å²) in [6.45, 7) is 3.77. The molecule has 3 rings (SSSR count). The maximum absolute atomic E-state index is 13.0. The van der Waals surface area contributed by atoms with Crippen molar-refractivity contribution in [3.63, 3.8) is 0 Å².